The van der Waals surface area contributed by atoms with E-state index in [1.54, 1.807) is 0 Å². The lowest BCUT2D eigenvalue weighted by molar-refractivity contribution is -0.142. The average Bonchev–Trinajstić information content (AvgIpc) is 3.02. The summed E-state index contributed by atoms with van der Waals surface area (Å²) in [5.74, 6) is -1.46. The van der Waals surface area contributed by atoms with Crippen LogP contribution in [0.4, 0.5) is 0 Å². The molecule has 0 bridgehead atoms. The molecule has 0 radical (unpaired) electrons. The molecule has 0 saturated heterocycles. The summed E-state index contributed by atoms with van der Waals surface area (Å²) in [4.78, 5) is 23.6. The number of hydrogen-bond donors (Lipinski definition) is 3. The van der Waals surface area contributed by atoms with Gasteiger partial charge in [0.25, 0.3) is 0 Å². The number of hydrogen-bond acceptors (Lipinski definition) is 3. The maximum Gasteiger partial charge on any atom is 0.330 e. The molecule has 3 aromatic rings. The number of nitrogens with one attached hydrogen (secondary N) is 1. The molecule has 1 amide bonds. The number of phenolic OH excluding ortho intramolecular Hbond substituents is 1. The first-order chi connectivity index (χ1) is 12.0. The van der Waals surface area contributed by atoms with Crippen LogP contribution in [0.25, 0.3) is 10.9 Å². The van der Waals surface area contributed by atoms with Crippen molar-refractivity contribution < 1.29 is 19.8 Å². The molecule has 0 aliphatic heterocycles. The topological polar surface area (TPSA) is 91.6 Å². The number of benzene rings is 2. The first kappa shape index (κ1) is 16.6. The van der Waals surface area contributed by atoms with Crippen LogP contribution in [-0.4, -0.2) is 26.7 Å². The lowest BCUT2D eigenvalue weighted by atomic mass is 10.1. The van der Waals surface area contributed by atoms with Crippen LogP contribution >= 0.6 is 0 Å². The van der Waals surface area contributed by atoms with Gasteiger partial charge in [0.05, 0.1) is 0 Å². The highest BCUT2D eigenvalue weighted by molar-refractivity contribution is 5.85. The molecule has 3 rings (SSSR count). The number of carbonyl (C=O) groups excluding carboxylic acids is 1. The van der Waals surface area contributed by atoms with Crippen molar-refractivity contribution in [3.05, 3.63) is 66.4 Å². The molecule has 128 valence electrons. The Kier molecular flexibility index (Phi) is 4.70. The van der Waals surface area contributed by atoms with Crippen molar-refractivity contribution in [2.75, 3.05) is 0 Å². The van der Waals surface area contributed by atoms with E-state index in [0.717, 1.165) is 10.9 Å². The van der Waals surface area contributed by atoms with Crippen molar-refractivity contribution in [3.63, 3.8) is 0 Å². The first-order valence-corrected chi connectivity index (χ1v) is 7.89. The smallest absolute Gasteiger partial charge is 0.330 e. The van der Waals surface area contributed by atoms with Crippen molar-refractivity contribution in [1.82, 2.24) is 9.88 Å². The largest absolute Gasteiger partial charge is 0.508 e. The summed E-state index contributed by atoms with van der Waals surface area (Å²) in [6.45, 7) is 0.460. The number of fused-ring (bicyclic) bond motifs is 1. The van der Waals surface area contributed by atoms with Crippen LogP contribution in [0.3, 0.4) is 0 Å². The number of phenols is 1. The monoisotopic (exact) mass is 338 g/mol. The standard InChI is InChI=1S/C19H18N2O4/c22-15-7-5-14(6-8-15)18(19(24)25)20-17(23)10-12-21-11-9-13-3-1-2-4-16(13)21/h1-9,11,18,22H,10,12H2,(H,20,23)(H,24,25)/t18-/m1/s1. The Morgan fingerprint density at radius 1 is 1.04 bits per heavy atom. The van der Waals surface area contributed by atoms with Crippen LogP contribution in [0.15, 0.2) is 60.8 Å². The number of aromatic nitrogens is 1. The summed E-state index contributed by atoms with van der Waals surface area (Å²) in [5.41, 5.74) is 1.44. The highest BCUT2D eigenvalue weighted by atomic mass is 16.4. The summed E-state index contributed by atoms with van der Waals surface area (Å²) in [7, 11) is 0. The van der Waals surface area contributed by atoms with E-state index in [9.17, 15) is 19.8 Å². The fourth-order valence-corrected chi connectivity index (χ4v) is 2.75. The zero-order valence-corrected chi connectivity index (χ0v) is 13.4. The average molecular weight is 338 g/mol. The van der Waals surface area contributed by atoms with E-state index < -0.39 is 12.0 Å². The van der Waals surface area contributed by atoms with E-state index in [4.69, 9.17) is 0 Å². The number of carboxylic acids is 1. The SMILES string of the molecule is O=C(CCn1ccc2ccccc21)N[C@@H](C(=O)O)c1ccc(O)cc1. The molecular weight excluding hydrogens is 320 g/mol. The van der Waals surface area contributed by atoms with Gasteiger partial charge in [-0.25, -0.2) is 4.79 Å². The Balaban J connectivity index is 1.66. The fourth-order valence-electron chi connectivity index (χ4n) is 2.75. The maximum absolute atomic E-state index is 12.2. The highest BCUT2D eigenvalue weighted by Crippen LogP contribution is 2.18. The van der Waals surface area contributed by atoms with Crippen LogP contribution in [0, 0.1) is 0 Å². The third kappa shape index (κ3) is 3.80. The molecule has 1 heterocycles. The molecule has 3 N–H and O–H groups in total. The van der Waals surface area contributed by atoms with E-state index in [0.29, 0.717) is 12.1 Å². The minimum absolute atomic E-state index is 0.0405. The Morgan fingerprint density at radius 2 is 1.76 bits per heavy atom. The second kappa shape index (κ2) is 7.09. The summed E-state index contributed by atoms with van der Waals surface area (Å²) in [5, 5.41) is 22.3. The second-order valence-corrected chi connectivity index (χ2v) is 5.75. The second-order valence-electron chi connectivity index (χ2n) is 5.75. The van der Waals surface area contributed by atoms with E-state index >= 15 is 0 Å². The molecule has 1 atom stereocenters. The zero-order valence-electron chi connectivity index (χ0n) is 13.4. The Bertz CT molecular complexity index is 899. The molecular formula is C19H18N2O4. The number of carbonyl (C=O) groups is 2. The molecule has 25 heavy (non-hydrogen) atoms. The van der Waals surface area contributed by atoms with Gasteiger partial charge in [-0.1, -0.05) is 30.3 Å². The molecule has 0 fully saturated rings. The molecule has 6 heteroatoms. The quantitative estimate of drug-likeness (QED) is 0.644. The fraction of sp³-hybridized carbons (Fsp3) is 0.158. The summed E-state index contributed by atoms with van der Waals surface area (Å²) >= 11 is 0. The predicted molar refractivity (Wildman–Crippen MR) is 93.2 cm³/mol. The molecule has 0 saturated carbocycles. The number of carboxylic acid groups (broad SMARTS) is 1. The number of aliphatic carboxylic acids is 1. The normalized spacial score (nSPS) is 12.0. The minimum Gasteiger partial charge on any atom is -0.508 e. The number of para-hydroxylation sites is 1. The molecule has 1 aromatic heterocycles. The predicted octanol–water partition coefficient (Wildman–Crippen LogP) is 2.68. The first-order valence-electron chi connectivity index (χ1n) is 7.89. The Hall–Kier alpha value is -3.28. The molecule has 0 aliphatic rings. The zero-order chi connectivity index (χ0) is 17.8. The van der Waals surface area contributed by atoms with Gasteiger partial charge in [-0.15, -0.1) is 0 Å². The maximum atomic E-state index is 12.2. The summed E-state index contributed by atoms with van der Waals surface area (Å²) in [6, 6.07) is 14.4. The highest BCUT2D eigenvalue weighted by Gasteiger charge is 2.21. The van der Waals surface area contributed by atoms with Crippen LogP contribution in [0.2, 0.25) is 0 Å². The van der Waals surface area contributed by atoms with Crippen molar-refractivity contribution in [2.45, 2.75) is 19.0 Å². The van der Waals surface area contributed by atoms with Crippen LogP contribution in [0.5, 0.6) is 5.75 Å². The van der Waals surface area contributed by atoms with Gasteiger partial charge >= 0.3 is 5.97 Å². The van der Waals surface area contributed by atoms with E-state index in [1.807, 2.05) is 41.1 Å². The van der Waals surface area contributed by atoms with Crippen LogP contribution in [-0.2, 0) is 16.1 Å². The number of aryl methyl sites for hydroxylation is 1. The van der Waals surface area contributed by atoms with Crippen molar-refractivity contribution >= 4 is 22.8 Å². The van der Waals surface area contributed by atoms with Crippen LogP contribution < -0.4 is 5.32 Å². The Morgan fingerprint density at radius 3 is 2.48 bits per heavy atom. The molecule has 0 spiro atoms. The van der Waals surface area contributed by atoms with E-state index in [2.05, 4.69) is 5.32 Å². The molecule has 0 aliphatic carbocycles. The van der Waals surface area contributed by atoms with Gasteiger partial charge in [-0.05, 0) is 35.2 Å². The van der Waals surface area contributed by atoms with Crippen molar-refractivity contribution in [3.8, 4) is 5.75 Å². The number of amides is 1. The van der Waals surface area contributed by atoms with E-state index in [1.165, 1.54) is 24.3 Å². The van der Waals surface area contributed by atoms with Crippen molar-refractivity contribution in [2.24, 2.45) is 0 Å². The van der Waals surface area contributed by atoms with Gasteiger partial charge in [0, 0.05) is 24.7 Å². The van der Waals surface area contributed by atoms with Gasteiger partial charge in [-0.2, -0.15) is 0 Å². The minimum atomic E-state index is -1.15. The van der Waals surface area contributed by atoms with Gasteiger partial charge < -0.3 is 20.1 Å². The number of rotatable bonds is 6. The summed E-state index contributed by atoms with van der Waals surface area (Å²) in [6.07, 6.45) is 2.08. The van der Waals surface area contributed by atoms with Gasteiger partial charge in [0.1, 0.15) is 5.75 Å². The van der Waals surface area contributed by atoms with Gasteiger partial charge in [-0.3, -0.25) is 4.79 Å². The Labute approximate surface area is 144 Å². The number of nitrogens with zero attached hydrogens (tertiary/aromatic N) is 1. The molecule has 2 aromatic carbocycles. The van der Waals surface area contributed by atoms with Gasteiger partial charge in [0.2, 0.25) is 5.91 Å². The lowest BCUT2D eigenvalue weighted by Gasteiger charge is -2.15. The van der Waals surface area contributed by atoms with Crippen molar-refractivity contribution in [1.29, 1.82) is 0 Å². The number of aromatic hydroxyl groups is 1. The van der Waals surface area contributed by atoms with Crippen LogP contribution in [0.1, 0.15) is 18.0 Å². The lowest BCUT2D eigenvalue weighted by Crippen LogP contribution is -2.34. The molecule has 6 nitrogen and oxygen atoms in total. The third-order valence-corrected chi connectivity index (χ3v) is 4.04. The third-order valence-electron chi connectivity index (χ3n) is 4.04. The van der Waals surface area contributed by atoms with Gasteiger partial charge in [0.15, 0.2) is 6.04 Å². The van der Waals surface area contributed by atoms with E-state index in [-0.39, 0.29) is 18.1 Å². The molecule has 0 unspecified atom stereocenters. The summed E-state index contributed by atoms with van der Waals surface area (Å²) < 4.78 is 1.96.